The zero-order valence-electron chi connectivity index (χ0n) is 16.8. The molecular weight excluding hydrogens is 350 g/mol. The number of allylic oxidation sites excluding steroid dienone is 1. The maximum Gasteiger partial charge on any atom is 0.128 e. The third kappa shape index (κ3) is 5.57. The smallest absolute Gasteiger partial charge is 0.128 e. The van der Waals surface area contributed by atoms with E-state index < -0.39 is 6.10 Å². The molecule has 1 fully saturated rings. The number of aliphatic hydroxyl groups is 1. The molecule has 150 valence electrons. The van der Waals surface area contributed by atoms with E-state index in [4.69, 9.17) is 4.74 Å². The van der Waals surface area contributed by atoms with Crippen LogP contribution in [0.25, 0.3) is 0 Å². The largest absolute Gasteiger partial charge is 0.491 e. The van der Waals surface area contributed by atoms with Crippen LogP contribution in [0.2, 0.25) is 0 Å². The van der Waals surface area contributed by atoms with Gasteiger partial charge in [-0.3, -0.25) is 4.90 Å². The molecular formula is C23H31N3O2. The molecule has 28 heavy (non-hydrogen) atoms. The van der Waals surface area contributed by atoms with Gasteiger partial charge in [-0.1, -0.05) is 31.2 Å². The van der Waals surface area contributed by atoms with Gasteiger partial charge in [0.25, 0.3) is 0 Å². The fraction of sp³-hybridized carbons (Fsp3) is 0.435. The highest BCUT2D eigenvalue weighted by Gasteiger charge is 2.20. The molecule has 2 heterocycles. The van der Waals surface area contributed by atoms with Crippen molar-refractivity contribution in [3.8, 4) is 5.75 Å². The van der Waals surface area contributed by atoms with Crippen molar-refractivity contribution in [2.75, 3.05) is 44.2 Å². The normalized spacial score (nSPS) is 16.0. The Morgan fingerprint density at radius 2 is 2.04 bits per heavy atom. The molecule has 1 atom stereocenters. The predicted octanol–water partition coefficient (Wildman–Crippen LogP) is 2.93. The molecule has 5 nitrogen and oxygen atoms in total. The maximum atomic E-state index is 10.4. The van der Waals surface area contributed by atoms with E-state index in [1.54, 1.807) is 0 Å². The van der Waals surface area contributed by atoms with Crippen LogP contribution in [0.3, 0.4) is 0 Å². The van der Waals surface area contributed by atoms with Gasteiger partial charge in [0, 0.05) is 38.9 Å². The molecule has 1 unspecified atom stereocenters. The first-order valence-corrected chi connectivity index (χ1v) is 10.1. The van der Waals surface area contributed by atoms with Crippen LogP contribution in [-0.4, -0.2) is 60.4 Å². The number of piperazine rings is 1. The lowest BCUT2D eigenvalue weighted by Gasteiger charge is -2.36. The van der Waals surface area contributed by atoms with E-state index >= 15 is 0 Å². The highest BCUT2D eigenvalue weighted by atomic mass is 16.5. The first-order chi connectivity index (χ1) is 13.7. The second-order valence-corrected chi connectivity index (χ2v) is 7.23. The highest BCUT2D eigenvalue weighted by Crippen LogP contribution is 2.22. The molecule has 1 saturated heterocycles. The minimum atomic E-state index is -0.501. The number of nitrogens with zero attached hydrogens (tertiary/aromatic N) is 3. The lowest BCUT2D eigenvalue weighted by atomic mass is 10.1. The Morgan fingerprint density at radius 1 is 1.21 bits per heavy atom. The number of anilines is 1. The molecule has 0 amide bonds. The average Bonchev–Trinajstić information content (AvgIpc) is 2.74. The average molecular weight is 382 g/mol. The van der Waals surface area contributed by atoms with Crippen LogP contribution in [0, 0.1) is 0 Å². The zero-order valence-corrected chi connectivity index (χ0v) is 16.8. The molecule has 2 aromatic rings. The van der Waals surface area contributed by atoms with Crippen LogP contribution in [-0.2, 0) is 12.8 Å². The van der Waals surface area contributed by atoms with Gasteiger partial charge in [-0.25, -0.2) is 4.98 Å². The number of β-amino-alcohol motifs (C(OH)–C–C–N with tert-alkyl or cyclic N) is 1. The second-order valence-electron chi connectivity index (χ2n) is 7.23. The van der Waals surface area contributed by atoms with E-state index in [1.165, 1.54) is 11.1 Å². The summed E-state index contributed by atoms with van der Waals surface area (Å²) in [5.74, 6) is 1.90. The fourth-order valence-electron chi connectivity index (χ4n) is 3.58. The van der Waals surface area contributed by atoms with Crippen LogP contribution in [0.4, 0.5) is 5.82 Å². The topological polar surface area (TPSA) is 48.8 Å². The number of ether oxygens (including phenoxy) is 1. The molecule has 1 aliphatic rings. The molecule has 0 spiro atoms. The Bertz CT molecular complexity index is 743. The molecule has 0 radical (unpaired) electrons. The molecule has 0 saturated carbocycles. The lowest BCUT2D eigenvalue weighted by molar-refractivity contribution is 0.0659. The van der Waals surface area contributed by atoms with Gasteiger partial charge in [-0.05, 0) is 42.2 Å². The van der Waals surface area contributed by atoms with Gasteiger partial charge in [0.2, 0.25) is 0 Å². The summed E-state index contributed by atoms with van der Waals surface area (Å²) in [5.41, 5.74) is 2.42. The van der Waals surface area contributed by atoms with Crippen LogP contribution in [0.1, 0.15) is 18.1 Å². The van der Waals surface area contributed by atoms with Crippen molar-refractivity contribution in [2.24, 2.45) is 0 Å². The first-order valence-electron chi connectivity index (χ1n) is 10.1. The van der Waals surface area contributed by atoms with Gasteiger partial charge in [-0.2, -0.15) is 0 Å². The number of benzene rings is 1. The molecule has 0 aliphatic carbocycles. The summed E-state index contributed by atoms with van der Waals surface area (Å²) in [7, 11) is 0. The van der Waals surface area contributed by atoms with E-state index in [1.807, 2.05) is 36.5 Å². The van der Waals surface area contributed by atoms with Crippen molar-refractivity contribution in [1.29, 1.82) is 0 Å². The van der Waals surface area contributed by atoms with Gasteiger partial charge >= 0.3 is 0 Å². The van der Waals surface area contributed by atoms with Gasteiger partial charge in [0.05, 0.1) is 0 Å². The number of aryl methyl sites for hydroxylation is 1. The number of hydrogen-bond acceptors (Lipinski definition) is 5. The van der Waals surface area contributed by atoms with Crippen molar-refractivity contribution in [2.45, 2.75) is 25.9 Å². The fourth-order valence-corrected chi connectivity index (χ4v) is 3.58. The van der Waals surface area contributed by atoms with Crippen LogP contribution in [0.15, 0.2) is 55.3 Å². The van der Waals surface area contributed by atoms with Crippen molar-refractivity contribution in [3.05, 3.63) is 66.4 Å². The molecule has 1 aromatic heterocycles. The number of pyridine rings is 1. The third-order valence-corrected chi connectivity index (χ3v) is 5.13. The third-order valence-electron chi connectivity index (χ3n) is 5.13. The number of rotatable bonds is 9. The summed E-state index contributed by atoms with van der Waals surface area (Å²) in [6.07, 6.45) is 5.01. The minimum Gasteiger partial charge on any atom is -0.491 e. The Morgan fingerprint density at radius 3 is 2.71 bits per heavy atom. The molecule has 1 N–H and O–H groups in total. The quantitative estimate of drug-likeness (QED) is 0.677. The maximum absolute atomic E-state index is 10.4. The zero-order chi connectivity index (χ0) is 19.8. The summed E-state index contributed by atoms with van der Waals surface area (Å²) >= 11 is 0. The van der Waals surface area contributed by atoms with Crippen LogP contribution < -0.4 is 9.64 Å². The van der Waals surface area contributed by atoms with Crippen LogP contribution in [0.5, 0.6) is 5.75 Å². The van der Waals surface area contributed by atoms with E-state index in [9.17, 15) is 5.11 Å². The molecule has 0 bridgehead atoms. The van der Waals surface area contributed by atoms with Gasteiger partial charge in [-0.15, -0.1) is 6.58 Å². The second kappa shape index (κ2) is 10.2. The Kier molecular flexibility index (Phi) is 7.46. The Labute approximate surface area is 168 Å². The molecule has 5 heteroatoms. The van der Waals surface area contributed by atoms with Crippen molar-refractivity contribution in [1.82, 2.24) is 9.88 Å². The highest BCUT2D eigenvalue weighted by molar-refractivity contribution is 5.39. The molecule has 1 aliphatic heterocycles. The Balaban J connectivity index is 1.45. The summed E-state index contributed by atoms with van der Waals surface area (Å²) < 4.78 is 5.93. The van der Waals surface area contributed by atoms with Crippen molar-refractivity contribution >= 4 is 5.82 Å². The number of aliphatic hydroxyl groups excluding tert-OH is 1. The lowest BCUT2D eigenvalue weighted by Crippen LogP contribution is -2.49. The monoisotopic (exact) mass is 381 g/mol. The first kappa shape index (κ1) is 20.4. The van der Waals surface area contributed by atoms with E-state index in [0.717, 1.165) is 50.6 Å². The van der Waals surface area contributed by atoms with Crippen molar-refractivity contribution < 1.29 is 9.84 Å². The number of hydrogen-bond donors (Lipinski definition) is 1. The van der Waals surface area contributed by atoms with Gasteiger partial charge < -0.3 is 14.7 Å². The van der Waals surface area contributed by atoms with E-state index in [-0.39, 0.29) is 0 Å². The summed E-state index contributed by atoms with van der Waals surface area (Å²) in [4.78, 5) is 9.00. The Hall–Kier alpha value is -2.37. The minimum absolute atomic E-state index is 0.314. The van der Waals surface area contributed by atoms with Gasteiger partial charge in [0.15, 0.2) is 0 Å². The predicted molar refractivity (Wildman–Crippen MR) is 114 cm³/mol. The van der Waals surface area contributed by atoms with Crippen molar-refractivity contribution in [3.63, 3.8) is 0 Å². The SMILES string of the molecule is C=CCc1ccc(OCC(O)CN2CCN(c3ccccn3)CC2)c(CC)c1. The summed E-state index contributed by atoms with van der Waals surface area (Å²) in [6.45, 7) is 10.6. The van der Waals surface area contributed by atoms with Gasteiger partial charge in [0.1, 0.15) is 24.3 Å². The molecule has 3 rings (SSSR count). The summed E-state index contributed by atoms with van der Waals surface area (Å²) in [5, 5.41) is 10.4. The molecule has 1 aromatic carbocycles. The summed E-state index contributed by atoms with van der Waals surface area (Å²) in [6, 6.07) is 12.2. The number of aromatic nitrogens is 1. The van der Waals surface area contributed by atoms with E-state index in [2.05, 4.69) is 40.4 Å². The van der Waals surface area contributed by atoms with E-state index in [0.29, 0.717) is 13.2 Å². The van der Waals surface area contributed by atoms with Crippen LogP contribution >= 0.6 is 0 Å². The standard InChI is InChI=1S/C23H31N3O2/c1-3-7-19-9-10-22(20(4-2)16-19)28-18-21(27)17-25-12-14-26(15-13-25)23-8-5-6-11-24-23/h3,5-6,8-11,16,21,27H,1,4,7,12-15,17-18H2,2H3.